The van der Waals surface area contributed by atoms with E-state index in [-0.39, 0.29) is 17.2 Å². The summed E-state index contributed by atoms with van der Waals surface area (Å²) in [6, 6.07) is 17.3. The van der Waals surface area contributed by atoms with Crippen LogP contribution in [0.4, 0.5) is 5.69 Å². The molecule has 0 radical (unpaired) electrons. The van der Waals surface area contributed by atoms with Crippen LogP contribution >= 0.6 is 23.1 Å². The third-order valence-electron chi connectivity index (χ3n) is 4.79. The van der Waals surface area contributed by atoms with Crippen molar-refractivity contribution in [1.29, 1.82) is 0 Å². The number of nitrogens with zero attached hydrogens (tertiary/aromatic N) is 2. The summed E-state index contributed by atoms with van der Waals surface area (Å²) in [6.07, 6.45) is 0.854. The van der Waals surface area contributed by atoms with Gasteiger partial charge in [-0.05, 0) is 61.7 Å². The van der Waals surface area contributed by atoms with Crippen LogP contribution in [0.15, 0.2) is 64.5 Å². The Balaban J connectivity index is 1.66. The normalized spacial score (nSPS) is 11.1. The molecule has 7 heteroatoms. The Kier molecular flexibility index (Phi) is 6.25. The maximum absolute atomic E-state index is 13.3. The van der Waals surface area contributed by atoms with Crippen LogP contribution in [-0.2, 0) is 11.2 Å². The van der Waals surface area contributed by atoms with Crippen molar-refractivity contribution in [3.05, 3.63) is 81.0 Å². The maximum Gasteiger partial charge on any atom is 0.267 e. The fraction of sp³-hybridized carbons (Fsp3) is 0.208. The number of benzene rings is 2. The minimum atomic E-state index is -0.135. The lowest BCUT2D eigenvalue weighted by atomic mass is 10.1. The molecule has 0 unspecified atom stereocenters. The Hall–Kier alpha value is -2.90. The van der Waals surface area contributed by atoms with Gasteiger partial charge in [0.05, 0.1) is 16.8 Å². The molecule has 0 aliphatic carbocycles. The number of carbonyl (C=O) groups excluding carboxylic acids is 1. The number of thioether (sulfide) groups is 1. The van der Waals surface area contributed by atoms with Crippen molar-refractivity contribution < 1.29 is 4.79 Å². The fourth-order valence-corrected chi connectivity index (χ4v) is 5.28. The van der Waals surface area contributed by atoms with E-state index >= 15 is 0 Å². The Bertz CT molecular complexity index is 1290. The zero-order valence-corrected chi connectivity index (χ0v) is 19.3. The molecule has 0 saturated heterocycles. The molecule has 4 aromatic rings. The van der Waals surface area contributed by atoms with Crippen LogP contribution in [0.3, 0.4) is 0 Å². The lowest BCUT2D eigenvalue weighted by Gasteiger charge is -2.12. The number of fused-ring (bicyclic) bond motifs is 1. The zero-order chi connectivity index (χ0) is 22.0. The van der Waals surface area contributed by atoms with Gasteiger partial charge in [0.1, 0.15) is 4.83 Å². The molecular formula is C24H23N3O2S2. The van der Waals surface area contributed by atoms with Gasteiger partial charge < -0.3 is 5.32 Å². The van der Waals surface area contributed by atoms with Crippen LogP contribution in [0.25, 0.3) is 15.9 Å². The number of para-hydroxylation sites is 1. The Morgan fingerprint density at radius 3 is 2.48 bits per heavy atom. The average molecular weight is 450 g/mol. The number of thiophene rings is 1. The van der Waals surface area contributed by atoms with Gasteiger partial charge in [0.25, 0.3) is 5.56 Å². The molecule has 1 N–H and O–H groups in total. The van der Waals surface area contributed by atoms with E-state index in [4.69, 9.17) is 4.98 Å². The van der Waals surface area contributed by atoms with Gasteiger partial charge in [-0.25, -0.2) is 4.98 Å². The molecule has 2 aromatic carbocycles. The van der Waals surface area contributed by atoms with Gasteiger partial charge in [-0.3, -0.25) is 14.2 Å². The lowest BCUT2D eigenvalue weighted by Crippen LogP contribution is -2.22. The molecule has 0 bridgehead atoms. The molecule has 0 aliphatic rings. The van der Waals surface area contributed by atoms with E-state index in [9.17, 15) is 9.59 Å². The number of anilines is 1. The smallest absolute Gasteiger partial charge is 0.267 e. The summed E-state index contributed by atoms with van der Waals surface area (Å²) >= 11 is 2.80. The minimum Gasteiger partial charge on any atom is -0.325 e. The van der Waals surface area contributed by atoms with Crippen LogP contribution in [0.1, 0.15) is 22.9 Å². The molecule has 2 aromatic heterocycles. The lowest BCUT2D eigenvalue weighted by molar-refractivity contribution is -0.113. The number of hydrogen-bond donors (Lipinski definition) is 1. The largest absolute Gasteiger partial charge is 0.325 e. The monoisotopic (exact) mass is 449 g/mol. The van der Waals surface area contributed by atoms with Crippen molar-refractivity contribution in [2.75, 3.05) is 11.1 Å². The topological polar surface area (TPSA) is 64.0 Å². The molecule has 158 valence electrons. The minimum absolute atomic E-state index is 0.107. The summed E-state index contributed by atoms with van der Waals surface area (Å²) in [5.41, 5.74) is 3.60. The number of amides is 1. The molecule has 5 nitrogen and oxygen atoms in total. The van der Waals surface area contributed by atoms with Crippen LogP contribution < -0.4 is 10.9 Å². The average Bonchev–Trinajstić information content (AvgIpc) is 3.16. The second-order valence-corrected chi connectivity index (χ2v) is 9.43. The zero-order valence-electron chi connectivity index (χ0n) is 17.6. The molecule has 1 amide bonds. The summed E-state index contributed by atoms with van der Waals surface area (Å²) in [4.78, 5) is 32.5. The number of carbonyl (C=O) groups is 1. The van der Waals surface area contributed by atoms with Crippen LogP contribution in [0.2, 0.25) is 0 Å². The number of nitrogens with one attached hydrogen (secondary N) is 1. The highest BCUT2D eigenvalue weighted by molar-refractivity contribution is 7.99. The predicted molar refractivity (Wildman–Crippen MR) is 130 cm³/mol. The van der Waals surface area contributed by atoms with Crippen LogP contribution in [0.5, 0.6) is 0 Å². The van der Waals surface area contributed by atoms with Crippen molar-refractivity contribution in [1.82, 2.24) is 9.55 Å². The first-order chi connectivity index (χ1) is 14.9. The third-order valence-corrected chi connectivity index (χ3v) is 6.90. The van der Waals surface area contributed by atoms with Crippen molar-refractivity contribution in [2.45, 2.75) is 32.3 Å². The first-order valence-corrected chi connectivity index (χ1v) is 11.9. The fourth-order valence-electron chi connectivity index (χ4n) is 3.46. The number of aryl methyl sites for hydroxylation is 3. The molecule has 0 spiro atoms. The van der Waals surface area contributed by atoms with Crippen molar-refractivity contribution in [2.24, 2.45) is 0 Å². The first kappa shape index (κ1) is 21.3. The number of hydrogen-bond acceptors (Lipinski definition) is 5. The van der Waals surface area contributed by atoms with E-state index in [2.05, 4.69) is 18.3 Å². The quantitative estimate of drug-likeness (QED) is 0.318. The van der Waals surface area contributed by atoms with Gasteiger partial charge >= 0.3 is 0 Å². The SMILES string of the molecule is CCc1cc2c(=O)n(-c3ccccc3)c(SCC(=O)Nc3cc(C)cc(C)c3)nc2s1. The molecule has 4 rings (SSSR count). The predicted octanol–water partition coefficient (Wildman–Crippen LogP) is 5.36. The first-order valence-electron chi connectivity index (χ1n) is 10.1. The van der Waals surface area contributed by atoms with Gasteiger partial charge in [-0.2, -0.15) is 0 Å². The second-order valence-electron chi connectivity index (χ2n) is 7.37. The van der Waals surface area contributed by atoms with Crippen molar-refractivity contribution in [3.8, 4) is 5.69 Å². The Labute approximate surface area is 189 Å². The summed E-state index contributed by atoms with van der Waals surface area (Å²) in [6.45, 7) is 6.06. The molecule has 0 aliphatic heterocycles. The maximum atomic E-state index is 13.3. The standard InChI is InChI=1S/C24H23N3O2S2/c1-4-19-13-20-22(31-19)26-24(27(23(20)29)18-8-6-5-7-9-18)30-14-21(28)25-17-11-15(2)10-16(3)12-17/h5-13H,4,14H2,1-3H3,(H,25,28). The van der Waals surface area contributed by atoms with Gasteiger partial charge in [0, 0.05) is 10.6 Å². The van der Waals surface area contributed by atoms with Crippen molar-refractivity contribution >= 4 is 44.9 Å². The summed E-state index contributed by atoms with van der Waals surface area (Å²) in [7, 11) is 0. The van der Waals surface area contributed by atoms with E-state index in [1.807, 2.05) is 62.4 Å². The van der Waals surface area contributed by atoms with E-state index in [0.717, 1.165) is 33.8 Å². The molecule has 0 fully saturated rings. The Morgan fingerprint density at radius 2 is 1.81 bits per heavy atom. The van der Waals surface area contributed by atoms with Gasteiger partial charge in [0.15, 0.2) is 5.16 Å². The summed E-state index contributed by atoms with van der Waals surface area (Å²) in [5.74, 6) is 0.0217. The highest BCUT2D eigenvalue weighted by atomic mass is 32.2. The van der Waals surface area contributed by atoms with E-state index < -0.39 is 0 Å². The van der Waals surface area contributed by atoms with Gasteiger partial charge in [0.2, 0.25) is 5.91 Å². The highest BCUT2D eigenvalue weighted by Crippen LogP contribution is 2.27. The van der Waals surface area contributed by atoms with E-state index in [0.29, 0.717) is 15.4 Å². The third kappa shape index (κ3) is 4.73. The Morgan fingerprint density at radius 1 is 1.10 bits per heavy atom. The molecule has 0 atom stereocenters. The number of rotatable bonds is 6. The van der Waals surface area contributed by atoms with E-state index in [1.165, 1.54) is 23.1 Å². The van der Waals surface area contributed by atoms with Crippen LogP contribution in [0, 0.1) is 13.8 Å². The second kappa shape index (κ2) is 9.08. The number of aromatic nitrogens is 2. The van der Waals surface area contributed by atoms with Crippen LogP contribution in [-0.4, -0.2) is 21.2 Å². The summed E-state index contributed by atoms with van der Waals surface area (Å²) in [5, 5.41) is 4.08. The molecule has 31 heavy (non-hydrogen) atoms. The van der Waals surface area contributed by atoms with Crippen molar-refractivity contribution in [3.63, 3.8) is 0 Å². The van der Waals surface area contributed by atoms with Gasteiger partial charge in [-0.15, -0.1) is 11.3 Å². The summed E-state index contributed by atoms with van der Waals surface area (Å²) < 4.78 is 1.60. The molecule has 2 heterocycles. The molecular weight excluding hydrogens is 426 g/mol. The van der Waals surface area contributed by atoms with Gasteiger partial charge in [-0.1, -0.05) is 43.0 Å². The molecule has 0 saturated carbocycles. The highest BCUT2D eigenvalue weighted by Gasteiger charge is 2.17. The van der Waals surface area contributed by atoms with E-state index in [1.54, 1.807) is 4.57 Å².